The van der Waals surface area contributed by atoms with Crippen molar-refractivity contribution in [3.8, 4) is 0 Å². The maximum Gasteiger partial charge on any atom is 0.0701 e. The first-order chi connectivity index (χ1) is 9.77. The van der Waals surface area contributed by atoms with E-state index in [1.54, 1.807) is 7.11 Å². The Morgan fingerprint density at radius 1 is 1.10 bits per heavy atom. The highest BCUT2D eigenvalue weighted by atomic mass is 79.9. The Hall–Kier alpha value is -0.130. The van der Waals surface area contributed by atoms with E-state index in [0.29, 0.717) is 44.8 Å². The molecule has 0 aromatic heterocycles. The molecule has 0 heterocycles. The normalized spacial score (nSPS) is 12.6. The van der Waals surface area contributed by atoms with Crippen LogP contribution in [0.5, 0.6) is 0 Å². The van der Waals surface area contributed by atoms with Crippen molar-refractivity contribution >= 4 is 27.5 Å². The van der Waals surface area contributed by atoms with Crippen LogP contribution in [0.1, 0.15) is 17.9 Å². The molecule has 5 heteroatoms. The molecule has 0 radical (unpaired) electrons. The number of ether oxygens (including phenoxy) is 3. The minimum absolute atomic E-state index is 0.323. The van der Waals surface area contributed by atoms with Crippen LogP contribution in [0.15, 0.2) is 28.7 Å². The van der Waals surface area contributed by atoms with E-state index in [1.165, 1.54) is 5.56 Å². The molecule has 0 saturated carbocycles. The van der Waals surface area contributed by atoms with Crippen LogP contribution < -0.4 is 0 Å². The predicted molar refractivity (Wildman–Crippen MR) is 85.7 cm³/mol. The van der Waals surface area contributed by atoms with Crippen LogP contribution in [0.3, 0.4) is 0 Å². The SMILES string of the molecule is COCCOCCOCCC(CCl)c1cccc(Br)c1. The van der Waals surface area contributed by atoms with Crippen LogP contribution in [-0.2, 0) is 14.2 Å². The zero-order valence-corrected chi connectivity index (χ0v) is 14.2. The molecule has 0 saturated heterocycles. The lowest BCUT2D eigenvalue weighted by atomic mass is 9.98. The minimum Gasteiger partial charge on any atom is -0.382 e. The maximum absolute atomic E-state index is 6.04. The molecule has 1 aromatic rings. The van der Waals surface area contributed by atoms with E-state index in [1.807, 2.05) is 12.1 Å². The topological polar surface area (TPSA) is 27.7 Å². The molecule has 0 N–H and O–H groups in total. The number of alkyl halides is 1. The molecule has 1 atom stereocenters. The molecule has 1 aromatic carbocycles. The summed E-state index contributed by atoms with van der Waals surface area (Å²) in [6, 6.07) is 8.26. The first kappa shape index (κ1) is 17.9. The molecule has 0 aliphatic rings. The van der Waals surface area contributed by atoms with Gasteiger partial charge in [0.15, 0.2) is 0 Å². The van der Waals surface area contributed by atoms with E-state index >= 15 is 0 Å². The van der Waals surface area contributed by atoms with E-state index in [4.69, 9.17) is 25.8 Å². The van der Waals surface area contributed by atoms with Crippen LogP contribution in [-0.4, -0.2) is 46.0 Å². The van der Waals surface area contributed by atoms with E-state index in [0.717, 1.165) is 10.9 Å². The molecule has 0 bridgehead atoms. The van der Waals surface area contributed by atoms with Crippen molar-refractivity contribution in [2.24, 2.45) is 0 Å². The van der Waals surface area contributed by atoms with Crippen LogP contribution in [0, 0.1) is 0 Å². The molecule has 0 spiro atoms. The molecule has 3 nitrogen and oxygen atoms in total. The fourth-order valence-corrected chi connectivity index (χ4v) is 2.53. The van der Waals surface area contributed by atoms with Crippen molar-refractivity contribution < 1.29 is 14.2 Å². The maximum atomic E-state index is 6.04. The van der Waals surface area contributed by atoms with Gasteiger partial charge in [-0.2, -0.15) is 0 Å². The summed E-state index contributed by atoms with van der Waals surface area (Å²) in [7, 11) is 1.66. The van der Waals surface area contributed by atoms with Crippen LogP contribution in [0.2, 0.25) is 0 Å². The minimum atomic E-state index is 0.323. The third-order valence-electron chi connectivity index (χ3n) is 2.92. The van der Waals surface area contributed by atoms with E-state index < -0.39 is 0 Å². The van der Waals surface area contributed by atoms with E-state index in [9.17, 15) is 0 Å². The third kappa shape index (κ3) is 7.60. The average Bonchev–Trinajstić information content (AvgIpc) is 2.46. The van der Waals surface area contributed by atoms with Gasteiger partial charge >= 0.3 is 0 Å². The number of hydrogen-bond donors (Lipinski definition) is 0. The van der Waals surface area contributed by atoms with Gasteiger partial charge in [-0.15, -0.1) is 11.6 Å². The Balaban J connectivity index is 2.16. The fraction of sp³-hybridized carbons (Fsp3) is 0.600. The lowest BCUT2D eigenvalue weighted by Gasteiger charge is -2.15. The van der Waals surface area contributed by atoms with Gasteiger partial charge in [-0.05, 0) is 30.0 Å². The molecule has 20 heavy (non-hydrogen) atoms. The summed E-state index contributed by atoms with van der Waals surface area (Å²) in [5.74, 6) is 0.924. The summed E-state index contributed by atoms with van der Waals surface area (Å²) < 4.78 is 16.9. The van der Waals surface area contributed by atoms with E-state index in [-0.39, 0.29) is 0 Å². The molecule has 114 valence electrons. The van der Waals surface area contributed by atoms with Crippen molar-refractivity contribution in [2.45, 2.75) is 12.3 Å². The Kier molecular flexibility index (Phi) is 10.3. The van der Waals surface area contributed by atoms with Crippen LogP contribution in [0.4, 0.5) is 0 Å². The average molecular weight is 366 g/mol. The Morgan fingerprint density at radius 3 is 2.45 bits per heavy atom. The van der Waals surface area contributed by atoms with Crippen molar-refractivity contribution in [1.82, 2.24) is 0 Å². The standard InChI is InChI=1S/C15H22BrClO3/c1-18-7-8-20-10-9-19-6-5-14(12-17)13-3-2-4-15(16)11-13/h2-4,11,14H,5-10,12H2,1H3. The summed E-state index contributed by atoms with van der Waals surface area (Å²) in [5.41, 5.74) is 1.24. The van der Waals surface area contributed by atoms with Gasteiger partial charge in [0.2, 0.25) is 0 Å². The monoisotopic (exact) mass is 364 g/mol. The number of hydrogen-bond acceptors (Lipinski definition) is 3. The second kappa shape index (κ2) is 11.5. The van der Waals surface area contributed by atoms with Gasteiger partial charge in [-0.1, -0.05) is 28.1 Å². The molecule has 0 aliphatic heterocycles. The molecular weight excluding hydrogens is 344 g/mol. The zero-order valence-electron chi connectivity index (χ0n) is 11.8. The number of benzene rings is 1. The summed E-state index contributed by atoms with van der Waals surface area (Å²) in [5, 5.41) is 0. The first-order valence-corrected chi connectivity index (χ1v) is 8.06. The fourth-order valence-electron chi connectivity index (χ4n) is 1.78. The smallest absolute Gasteiger partial charge is 0.0701 e. The van der Waals surface area contributed by atoms with Gasteiger partial charge in [0, 0.05) is 24.1 Å². The van der Waals surface area contributed by atoms with Gasteiger partial charge in [-0.3, -0.25) is 0 Å². The molecule has 0 aliphatic carbocycles. The van der Waals surface area contributed by atoms with Gasteiger partial charge in [0.05, 0.1) is 26.4 Å². The summed E-state index contributed by atoms with van der Waals surface area (Å²) in [4.78, 5) is 0. The van der Waals surface area contributed by atoms with Crippen LogP contribution >= 0.6 is 27.5 Å². The number of methoxy groups -OCH3 is 1. The van der Waals surface area contributed by atoms with Crippen molar-refractivity contribution in [3.63, 3.8) is 0 Å². The Bertz CT molecular complexity index is 363. The van der Waals surface area contributed by atoms with Crippen LogP contribution in [0.25, 0.3) is 0 Å². The Morgan fingerprint density at radius 2 is 1.80 bits per heavy atom. The second-order valence-electron chi connectivity index (χ2n) is 4.41. The van der Waals surface area contributed by atoms with Gasteiger partial charge in [0.25, 0.3) is 0 Å². The Labute approximate surface area is 134 Å². The third-order valence-corrected chi connectivity index (χ3v) is 3.79. The first-order valence-electron chi connectivity index (χ1n) is 6.73. The number of rotatable bonds is 11. The van der Waals surface area contributed by atoms with Gasteiger partial charge < -0.3 is 14.2 Å². The summed E-state index contributed by atoms with van der Waals surface area (Å²) in [6.07, 6.45) is 0.915. The van der Waals surface area contributed by atoms with Crippen molar-refractivity contribution in [1.29, 1.82) is 0 Å². The highest BCUT2D eigenvalue weighted by Crippen LogP contribution is 2.24. The number of halogens is 2. The van der Waals surface area contributed by atoms with Gasteiger partial charge in [0.1, 0.15) is 0 Å². The van der Waals surface area contributed by atoms with Gasteiger partial charge in [-0.25, -0.2) is 0 Å². The van der Waals surface area contributed by atoms with E-state index in [2.05, 4.69) is 28.1 Å². The highest BCUT2D eigenvalue weighted by molar-refractivity contribution is 9.10. The van der Waals surface area contributed by atoms with Crippen molar-refractivity contribution in [2.75, 3.05) is 46.0 Å². The van der Waals surface area contributed by atoms with Crippen molar-refractivity contribution in [3.05, 3.63) is 34.3 Å². The summed E-state index contributed by atoms with van der Waals surface area (Å²) in [6.45, 7) is 3.14. The lowest BCUT2D eigenvalue weighted by Crippen LogP contribution is -2.11. The lowest BCUT2D eigenvalue weighted by molar-refractivity contribution is 0.0235. The quantitative estimate of drug-likeness (QED) is 0.440. The summed E-state index contributed by atoms with van der Waals surface area (Å²) >= 11 is 9.52. The highest BCUT2D eigenvalue weighted by Gasteiger charge is 2.10. The predicted octanol–water partition coefficient (Wildman–Crippen LogP) is 3.84. The molecule has 0 fully saturated rings. The largest absolute Gasteiger partial charge is 0.382 e. The molecule has 0 amide bonds. The second-order valence-corrected chi connectivity index (χ2v) is 5.64. The molecular formula is C15H22BrClO3. The molecule has 1 rings (SSSR count). The zero-order chi connectivity index (χ0) is 14.6. The molecule has 1 unspecified atom stereocenters.